The molecule has 118 valence electrons. The second-order valence-electron chi connectivity index (χ2n) is 5.62. The van der Waals surface area contributed by atoms with E-state index in [-0.39, 0.29) is 18.9 Å². The number of carbonyl (C=O) groups is 3. The first-order valence-electron chi connectivity index (χ1n) is 7.28. The first-order chi connectivity index (χ1) is 9.97. The first-order valence-corrected chi connectivity index (χ1v) is 7.28. The number of hydrogen-bond donors (Lipinski definition) is 3. The monoisotopic (exact) mass is 298 g/mol. The van der Waals surface area contributed by atoms with Gasteiger partial charge in [-0.05, 0) is 25.8 Å². The van der Waals surface area contributed by atoms with Crippen molar-refractivity contribution < 1.29 is 19.5 Å². The van der Waals surface area contributed by atoms with Crippen LogP contribution in [0.25, 0.3) is 0 Å². The maximum Gasteiger partial charge on any atom is 0.326 e. The van der Waals surface area contributed by atoms with Crippen LogP contribution in [0.3, 0.4) is 0 Å². The van der Waals surface area contributed by atoms with Crippen molar-refractivity contribution in [3.05, 3.63) is 0 Å². The highest BCUT2D eigenvalue weighted by Crippen LogP contribution is 2.21. The number of urea groups is 1. The molecule has 2 aliphatic heterocycles. The highest BCUT2D eigenvalue weighted by atomic mass is 16.4. The van der Waals surface area contributed by atoms with Gasteiger partial charge >= 0.3 is 12.0 Å². The minimum Gasteiger partial charge on any atom is -0.480 e. The molecule has 4 N–H and O–H groups in total. The van der Waals surface area contributed by atoms with Gasteiger partial charge in [0.05, 0.1) is 0 Å². The van der Waals surface area contributed by atoms with Gasteiger partial charge in [-0.3, -0.25) is 9.69 Å². The molecule has 0 aromatic heterocycles. The SMILES string of the molecule is NC(=O)CC[C@@H](NC(=O)N1CCN2CCCC2C1)C(=O)O. The number of primary amides is 1. The van der Waals surface area contributed by atoms with Crippen LogP contribution in [0.2, 0.25) is 0 Å². The van der Waals surface area contributed by atoms with E-state index < -0.39 is 17.9 Å². The Morgan fingerprint density at radius 1 is 1.29 bits per heavy atom. The minimum atomic E-state index is -1.15. The smallest absolute Gasteiger partial charge is 0.326 e. The van der Waals surface area contributed by atoms with Crippen LogP contribution in [0.4, 0.5) is 4.79 Å². The van der Waals surface area contributed by atoms with Crippen LogP contribution in [0.1, 0.15) is 25.7 Å². The lowest BCUT2D eigenvalue weighted by atomic mass is 10.1. The van der Waals surface area contributed by atoms with Crippen LogP contribution in [0, 0.1) is 0 Å². The highest BCUT2D eigenvalue weighted by molar-refractivity contribution is 5.83. The van der Waals surface area contributed by atoms with Gasteiger partial charge in [0, 0.05) is 32.1 Å². The number of carbonyl (C=O) groups excluding carboxylic acids is 2. The van der Waals surface area contributed by atoms with Crippen molar-refractivity contribution in [1.29, 1.82) is 0 Å². The number of carboxylic acid groups (broad SMARTS) is 1. The van der Waals surface area contributed by atoms with E-state index in [1.807, 2.05) is 0 Å². The number of rotatable bonds is 5. The van der Waals surface area contributed by atoms with Crippen LogP contribution in [0.15, 0.2) is 0 Å². The molecule has 0 bridgehead atoms. The van der Waals surface area contributed by atoms with Crippen molar-refractivity contribution in [2.24, 2.45) is 5.73 Å². The molecule has 2 heterocycles. The standard InChI is InChI=1S/C13H22N4O4/c14-11(18)4-3-10(12(19)20)15-13(21)17-7-6-16-5-1-2-9(16)8-17/h9-10H,1-8H2,(H2,14,18)(H,15,21)(H,19,20)/t9?,10-/m1/s1. The van der Waals surface area contributed by atoms with Crippen molar-refractivity contribution in [2.75, 3.05) is 26.2 Å². The molecule has 2 fully saturated rings. The topological polar surface area (TPSA) is 116 Å². The van der Waals surface area contributed by atoms with Crippen molar-refractivity contribution >= 4 is 17.9 Å². The van der Waals surface area contributed by atoms with E-state index in [1.54, 1.807) is 4.90 Å². The third-order valence-corrected chi connectivity index (χ3v) is 4.15. The normalized spacial score (nSPS) is 23.4. The number of nitrogens with one attached hydrogen (secondary N) is 1. The van der Waals surface area contributed by atoms with Crippen LogP contribution in [0.5, 0.6) is 0 Å². The number of nitrogens with two attached hydrogens (primary N) is 1. The third-order valence-electron chi connectivity index (χ3n) is 4.15. The molecule has 2 rings (SSSR count). The molecule has 0 radical (unpaired) electrons. The summed E-state index contributed by atoms with van der Waals surface area (Å²) in [4.78, 5) is 38.0. The van der Waals surface area contributed by atoms with Crippen LogP contribution in [-0.2, 0) is 9.59 Å². The molecule has 0 aromatic carbocycles. The number of amides is 3. The minimum absolute atomic E-state index is 0.0137. The highest BCUT2D eigenvalue weighted by Gasteiger charge is 2.33. The van der Waals surface area contributed by atoms with Gasteiger partial charge in [0.1, 0.15) is 6.04 Å². The molecule has 0 aromatic rings. The van der Waals surface area contributed by atoms with Crippen molar-refractivity contribution in [3.63, 3.8) is 0 Å². The molecular formula is C13H22N4O4. The van der Waals surface area contributed by atoms with Crippen LogP contribution in [-0.4, -0.2) is 71.1 Å². The largest absolute Gasteiger partial charge is 0.480 e. The fourth-order valence-electron chi connectivity index (χ4n) is 2.96. The molecule has 1 unspecified atom stereocenters. The fraction of sp³-hybridized carbons (Fsp3) is 0.769. The van der Waals surface area contributed by atoms with Crippen molar-refractivity contribution in [3.8, 4) is 0 Å². The summed E-state index contributed by atoms with van der Waals surface area (Å²) in [6, 6.07) is -1.07. The Balaban J connectivity index is 1.86. The number of hydrogen-bond acceptors (Lipinski definition) is 4. The maximum absolute atomic E-state index is 12.2. The second kappa shape index (κ2) is 6.75. The number of nitrogens with zero attached hydrogens (tertiary/aromatic N) is 2. The van der Waals surface area contributed by atoms with Gasteiger partial charge in [-0.25, -0.2) is 9.59 Å². The van der Waals surface area contributed by atoms with Crippen LogP contribution < -0.4 is 11.1 Å². The van der Waals surface area contributed by atoms with E-state index in [9.17, 15) is 14.4 Å². The molecule has 2 atom stereocenters. The quantitative estimate of drug-likeness (QED) is 0.614. The van der Waals surface area contributed by atoms with E-state index in [2.05, 4.69) is 10.2 Å². The molecule has 2 aliphatic rings. The average molecular weight is 298 g/mol. The van der Waals surface area contributed by atoms with Crippen molar-refractivity contribution in [2.45, 2.75) is 37.8 Å². The van der Waals surface area contributed by atoms with E-state index in [4.69, 9.17) is 10.8 Å². The molecule has 0 saturated carbocycles. The predicted molar refractivity (Wildman–Crippen MR) is 74.6 cm³/mol. The lowest BCUT2D eigenvalue weighted by Crippen LogP contribution is -2.56. The Morgan fingerprint density at radius 2 is 2.05 bits per heavy atom. The van der Waals surface area contributed by atoms with Gasteiger partial charge in [-0.15, -0.1) is 0 Å². The predicted octanol–water partition coefficient (Wildman–Crippen LogP) is -0.805. The molecule has 8 heteroatoms. The molecule has 8 nitrogen and oxygen atoms in total. The Hall–Kier alpha value is -1.83. The summed E-state index contributed by atoms with van der Waals surface area (Å²) >= 11 is 0. The van der Waals surface area contributed by atoms with E-state index in [0.29, 0.717) is 19.1 Å². The summed E-state index contributed by atoms with van der Waals surface area (Å²) in [5.41, 5.74) is 5.01. The molecule has 21 heavy (non-hydrogen) atoms. The van der Waals surface area contributed by atoms with E-state index in [1.165, 1.54) is 0 Å². The molecule has 3 amide bonds. The number of piperazine rings is 1. The van der Waals surface area contributed by atoms with E-state index in [0.717, 1.165) is 25.9 Å². The zero-order chi connectivity index (χ0) is 15.4. The third kappa shape index (κ3) is 4.07. The van der Waals surface area contributed by atoms with E-state index >= 15 is 0 Å². The Bertz CT molecular complexity index is 428. The number of carboxylic acids is 1. The van der Waals surface area contributed by atoms with Gasteiger partial charge in [0.25, 0.3) is 0 Å². The van der Waals surface area contributed by atoms with Gasteiger partial charge in [0.2, 0.25) is 5.91 Å². The van der Waals surface area contributed by atoms with Crippen LogP contribution >= 0.6 is 0 Å². The summed E-state index contributed by atoms with van der Waals surface area (Å²) in [5, 5.41) is 11.6. The summed E-state index contributed by atoms with van der Waals surface area (Å²) in [6.45, 7) is 3.14. The Kier molecular flexibility index (Phi) is 5.00. The maximum atomic E-state index is 12.2. The molecule has 2 saturated heterocycles. The summed E-state index contributed by atoms with van der Waals surface area (Å²) in [6.07, 6.45) is 2.18. The van der Waals surface area contributed by atoms with Gasteiger partial charge in [-0.2, -0.15) is 0 Å². The summed E-state index contributed by atoms with van der Waals surface area (Å²) < 4.78 is 0. The molecule has 0 aliphatic carbocycles. The summed E-state index contributed by atoms with van der Waals surface area (Å²) in [5.74, 6) is -1.72. The average Bonchev–Trinajstić information content (AvgIpc) is 2.89. The Morgan fingerprint density at radius 3 is 2.71 bits per heavy atom. The lowest BCUT2D eigenvalue weighted by Gasteiger charge is -2.37. The zero-order valence-electron chi connectivity index (χ0n) is 12.0. The number of fused-ring (bicyclic) bond motifs is 1. The molecular weight excluding hydrogens is 276 g/mol. The number of aliphatic carboxylic acids is 1. The van der Waals surface area contributed by atoms with Gasteiger partial charge < -0.3 is 21.1 Å². The first kappa shape index (κ1) is 15.6. The van der Waals surface area contributed by atoms with Crippen molar-refractivity contribution in [1.82, 2.24) is 15.1 Å². The van der Waals surface area contributed by atoms with Gasteiger partial charge in [-0.1, -0.05) is 0 Å². The zero-order valence-corrected chi connectivity index (χ0v) is 12.0. The second-order valence-corrected chi connectivity index (χ2v) is 5.62. The molecule has 0 spiro atoms. The fourth-order valence-corrected chi connectivity index (χ4v) is 2.96. The van der Waals surface area contributed by atoms with Gasteiger partial charge in [0.15, 0.2) is 0 Å². The lowest BCUT2D eigenvalue weighted by molar-refractivity contribution is -0.139. The summed E-state index contributed by atoms with van der Waals surface area (Å²) in [7, 11) is 0. The Labute approximate surface area is 123 Å².